The molecule has 1 atom stereocenters. The van der Waals surface area contributed by atoms with E-state index in [1.807, 2.05) is 13.0 Å². The van der Waals surface area contributed by atoms with E-state index in [0.717, 1.165) is 36.8 Å². The molecule has 0 saturated carbocycles. The number of aromatic nitrogens is 1. The predicted molar refractivity (Wildman–Crippen MR) is 63.0 cm³/mol. The van der Waals surface area contributed by atoms with Crippen molar-refractivity contribution in [3.8, 4) is 5.75 Å². The van der Waals surface area contributed by atoms with E-state index in [1.165, 1.54) is 0 Å². The van der Waals surface area contributed by atoms with Crippen molar-refractivity contribution in [3.05, 3.63) is 18.0 Å². The van der Waals surface area contributed by atoms with E-state index in [1.54, 1.807) is 13.3 Å². The second kappa shape index (κ2) is 4.29. The molecule has 1 aromatic heterocycles. The average molecular weight is 222 g/mol. The largest absolute Gasteiger partial charge is 0.493 e. The number of rotatable bonds is 3. The maximum atomic E-state index is 5.42. The number of nitrogens with one attached hydrogen (secondary N) is 1. The summed E-state index contributed by atoms with van der Waals surface area (Å²) in [5, 5.41) is 3.49. The van der Waals surface area contributed by atoms with Gasteiger partial charge in [-0.3, -0.25) is 4.98 Å². The summed E-state index contributed by atoms with van der Waals surface area (Å²) in [6, 6.07) is 2.00. The highest BCUT2D eigenvalue weighted by Gasteiger charge is 2.30. The quantitative estimate of drug-likeness (QED) is 0.849. The molecule has 4 heteroatoms. The number of nitrogens with zero attached hydrogens (tertiary/aromatic N) is 1. The summed E-state index contributed by atoms with van der Waals surface area (Å²) in [7, 11) is 1.66. The van der Waals surface area contributed by atoms with E-state index in [0.29, 0.717) is 0 Å². The second-order valence-electron chi connectivity index (χ2n) is 4.51. The summed E-state index contributed by atoms with van der Waals surface area (Å²) in [5.41, 5.74) is 1.97. The van der Waals surface area contributed by atoms with Crippen LogP contribution in [0.4, 0.5) is 5.69 Å². The van der Waals surface area contributed by atoms with Crippen LogP contribution in [0.3, 0.4) is 0 Å². The molecule has 1 aliphatic heterocycles. The fourth-order valence-electron chi connectivity index (χ4n) is 1.90. The van der Waals surface area contributed by atoms with Crippen LogP contribution in [-0.4, -0.2) is 30.8 Å². The number of aryl methyl sites for hydroxylation is 1. The van der Waals surface area contributed by atoms with Gasteiger partial charge in [0, 0.05) is 12.3 Å². The van der Waals surface area contributed by atoms with Crippen LogP contribution < -0.4 is 10.1 Å². The van der Waals surface area contributed by atoms with Gasteiger partial charge in [-0.2, -0.15) is 0 Å². The molecule has 1 aromatic rings. The minimum Gasteiger partial charge on any atom is -0.493 e. The highest BCUT2D eigenvalue weighted by atomic mass is 16.5. The molecule has 4 nitrogen and oxygen atoms in total. The van der Waals surface area contributed by atoms with Crippen molar-refractivity contribution in [1.29, 1.82) is 0 Å². The normalized spacial score (nSPS) is 24.4. The number of hydrogen-bond donors (Lipinski definition) is 1. The highest BCUT2D eigenvalue weighted by Crippen LogP contribution is 2.30. The smallest absolute Gasteiger partial charge is 0.160 e. The van der Waals surface area contributed by atoms with Crippen LogP contribution in [0.5, 0.6) is 5.75 Å². The molecule has 88 valence electrons. The van der Waals surface area contributed by atoms with Gasteiger partial charge in [-0.15, -0.1) is 0 Å². The summed E-state index contributed by atoms with van der Waals surface area (Å²) < 4.78 is 10.7. The first-order valence-corrected chi connectivity index (χ1v) is 5.49. The van der Waals surface area contributed by atoms with Gasteiger partial charge in [0.2, 0.25) is 0 Å². The Morgan fingerprint density at radius 3 is 3.00 bits per heavy atom. The standard InChI is InChI=1S/C12H18N2O2/c1-9-6-10(11(15-3)7-13-9)14-12(2)4-5-16-8-12/h6-7H,4-5,8H2,1-3H3,(H,13,14). The number of methoxy groups -OCH3 is 1. The van der Waals surface area contributed by atoms with Gasteiger partial charge in [-0.05, 0) is 26.3 Å². The summed E-state index contributed by atoms with van der Waals surface area (Å²) in [4.78, 5) is 4.21. The molecule has 0 radical (unpaired) electrons. The SMILES string of the molecule is COc1cnc(C)cc1NC1(C)CCOC1. The van der Waals surface area contributed by atoms with Gasteiger partial charge in [0.25, 0.3) is 0 Å². The molecule has 0 amide bonds. The van der Waals surface area contributed by atoms with Crippen molar-refractivity contribution in [2.75, 3.05) is 25.6 Å². The van der Waals surface area contributed by atoms with Crippen molar-refractivity contribution in [2.45, 2.75) is 25.8 Å². The molecule has 1 N–H and O–H groups in total. The molecular weight excluding hydrogens is 204 g/mol. The minimum absolute atomic E-state index is 0.00106. The van der Waals surface area contributed by atoms with Gasteiger partial charge in [0.15, 0.2) is 5.75 Å². The molecule has 0 bridgehead atoms. The number of ether oxygens (including phenoxy) is 2. The van der Waals surface area contributed by atoms with E-state index in [4.69, 9.17) is 9.47 Å². The first-order chi connectivity index (χ1) is 7.63. The first-order valence-electron chi connectivity index (χ1n) is 5.49. The Labute approximate surface area is 96.0 Å². The Kier molecular flexibility index (Phi) is 3.01. The lowest BCUT2D eigenvalue weighted by atomic mass is 10.0. The molecule has 1 fully saturated rings. The van der Waals surface area contributed by atoms with Crippen molar-refractivity contribution >= 4 is 5.69 Å². The lowest BCUT2D eigenvalue weighted by molar-refractivity contribution is 0.185. The zero-order valence-electron chi connectivity index (χ0n) is 10.0. The number of anilines is 1. The molecule has 2 rings (SSSR count). The first kappa shape index (κ1) is 11.2. The molecule has 0 aliphatic carbocycles. The van der Waals surface area contributed by atoms with Crippen molar-refractivity contribution in [1.82, 2.24) is 4.98 Å². The zero-order chi connectivity index (χ0) is 11.6. The topological polar surface area (TPSA) is 43.4 Å². The summed E-state index contributed by atoms with van der Waals surface area (Å²) in [6.45, 7) is 5.68. The number of pyridine rings is 1. The third-order valence-corrected chi connectivity index (χ3v) is 2.88. The van der Waals surface area contributed by atoms with E-state index < -0.39 is 0 Å². The van der Waals surface area contributed by atoms with Gasteiger partial charge in [-0.25, -0.2) is 0 Å². The fourth-order valence-corrected chi connectivity index (χ4v) is 1.90. The Morgan fingerprint density at radius 1 is 1.56 bits per heavy atom. The fraction of sp³-hybridized carbons (Fsp3) is 0.583. The molecule has 16 heavy (non-hydrogen) atoms. The maximum absolute atomic E-state index is 5.42. The van der Waals surface area contributed by atoms with Crippen molar-refractivity contribution in [2.24, 2.45) is 0 Å². The summed E-state index contributed by atoms with van der Waals surface area (Å²) in [5.74, 6) is 0.777. The molecule has 1 aliphatic rings. The minimum atomic E-state index is 0.00106. The monoisotopic (exact) mass is 222 g/mol. The number of hydrogen-bond acceptors (Lipinski definition) is 4. The van der Waals surface area contributed by atoms with Gasteiger partial charge < -0.3 is 14.8 Å². The van der Waals surface area contributed by atoms with Crippen LogP contribution in [0.15, 0.2) is 12.3 Å². The van der Waals surface area contributed by atoms with Crippen LogP contribution in [0.25, 0.3) is 0 Å². The lowest BCUT2D eigenvalue weighted by Gasteiger charge is -2.26. The van der Waals surface area contributed by atoms with Crippen LogP contribution in [0.2, 0.25) is 0 Å². The summed E-state index contributed by atoms with van der Waals surface area (Å²) >= 11 is 0. The predicted octanol–water partition coefficient (Wildman–Crippen LogP) is 1.99. The van der Waals surface area contributed by atoms with Crippen LogP contribution in [-0.2, 0) is 4.74 Å². The Bertz CT molecular complexity index is 373. The Balaban J connectivity index is 2.22. The molecular formula is C12H18N2O2. The van der Waals surface area contributed by atoms with Gasteiger partial charge in [-0.1, -0.05) is 0 Å². The Morgan fingerprint density at radius 2 is 2.38 bits per heavy atom. The van der Waals surface area contributed by atoms with Gasteiger partial charge in [0.05, 0.1) is 31.1 Å². The second-order valence-corrected chi connectivity index (χ2v) is 4.51. The van der Waals surface area contributed by atoms with Crippen molar-refractivity contribution in [3.63, 3.8) is 0 Å². The van der Waals surface area contributed by atoms with Crippen LogP contribution >= 0.6 is 0 Å². The van der Waals surface area contributed by atoms with E-state index >= 15 is 0 Å². The average Bonchev–Trinajstić information content (AvgIpc) is 2.65. The molecule has 2 heterocycles. The van der Waals surface area contributed by atoms with E-state index in [-0.39, 0.29) is 5.54 Å². The molecule has 1 saturated heterocycles. The molecule has 0 aromatic carbocycles. The van der Waals surface area contributed by atoms with Gasteiger partial charge >= 0.3 is 0 Å². The van der Waals surface area contributed by atoms with Gasteiger partial charge in [0.1, 0.15) is 0 Å². The van der Waals surface area contributed by atoms with Crippen LogP contribution in [0, 0.1) is 6.92 Å². The molecule has 0 spiro atoms. The lowest BCUT2D eigenvalue weighted by Crippen LogP contribution is -2.35. The third kappa shape index (κ3) is 2.27. The highest BCUT2D eigenvalue weighted by molar-refractivity contribution is 5.57. The third-order valence-electron chi connectivity index (χ3n) is 2.88. The Hall–Kier alpha value is -1.29. The van der Waals surface area contributed by atoms with E-state index in [9.17, 15) is 0 Å². The van der Waals surface area contributed by atoms with Crippen LogP contribution in [0.1, 0.15) is 19.0 Å². The van der Waals surface area contributed by atoms with E-state index in [2.05, 4.69) is 17.2 Å². The zero-order valence-corrected chi connectivity index (χ0v) is 10.0. The molecule has 1 unspecified atom stereocenters. The maximum Gasteiger partial charge on any atom is 0.160 e. The van der Waals surface area contributed by atoms with Crippen molar-refractivity contribution < 1.29 is 9.47 Å². The summed E-state index contributed by atoms with van der Waals surface area (Å²) in [6.07, 6.45) is 2.76.